The van der Waals surface area contributed by atoms with E-state index >= 15 is 0 Å². The van der Waals surface area contributed by atoms with Gasteiger partial charge in [0.25, 0.3) is 6.43 Å². The highest BCUT2D eigenvalue weighted by atomic mass is 19.3. The highest BCUT2D eigenvalue weighted by Gasteiger charge is 2.26. The van der Waals surface area contributed by atoms with E-state index in [4.69, 9.17) is 9.15 Å². The molecule has 1 aromatic rings. The van der Waals surface area contributed by atoms with Crippen LogP contribution in [0.25, 0.3) is 0 Å². The summed E-state index contributed by atoms with van der Waals surface area (Å²) >= 11 is 0. The van der Waals surface area contributed by atoms with Gasteiger partial charge in [0.1, 0.15) is 5.76 Å². The number of aryl methyl sites for hydroxylation is 1. The Kier molecular flexibility index (Phi) is 4.59. The lowest BCUT2D eigenvalue weighted by atomic mass is 9.97. The lowest BCUT2D eigenvalue weighted by Crippen LogP contribution is -2.22. The highest BCUT2D eigenvalue weighted by Crippen LogP contribution is 2.34. The number of rotatable bonds is 6. The van der Waals surface area contributed by atoms with Gasteiger partial charge in [-0.3, -0.25) is 0 Å². The van der Waals surface area contributed by atoms with Crippen molar-refractivity contribution in [2.24, 2.45) is 10.9 Å². The summed E-state index contributed by atoms with van der Waals surface area (Å²) in [4.78, 5) is 15.9. The van der Waals surface area contributed by atoms with Crippen molar-refractivity contribution in [2.75, 3.05) is 6.61 Å². The van der Waals surface area contributed by atoms with Crippen molar-refractivity contribution in [1.82, 2.24) is 0 Å². The van der Waals surface area contributed by atoms with Crippen molar-refractivity contribution in [3.05, 3.63) is 45.6 Å². The fourth-order valence-corrected chi connectivity index (χ4v) is 2.83. The average molecular weight is 323 g/mol. The topological polar surface area (TPSA) is 51.8 Å². The summed E-state index contributed by atoms with van der Waals surface area (Å²) in [6.45, 7) is 2.98. The second-order valence-corrected chi connectivity index (χ2v) is 6.09. The molecule has 0 amide bonds. The molecule has 1 aliphatic carbocycles. The Morgan fingerprint density at radius 1 is 1.43 bits per heavy atom. The predicted molar refractivity (Wildman–Crippen MR) is 82.0 cm³/mol. The monoisotopic (exact) mass is 323 g/mol. The summed E-state index contributed by atoms with van der Waals surface area (Å²) < 4.78 is 35.3. The van der Waals surface area contributed by atoms with Gasteiger partial charge in [-0.05, 0) is 24.3 Å². The molecular weight excluding hydrogens is 304 g/mol. The number of alkyl halides is 2. The molecule has 0 N–H and O–H groups in total. The van der Waals surface area contributed by atoms with Crippen LogP contribution in [0.3, 0.4) is 0 Å². The summed E-state index contributed by atoms with van der Waals surface area (Å²) in [6, 6.07) is 1.42. The van der Waals surface area contributed by atoms with E-state index in [1.165, 1.54) is 18.9 Å². The molecule has 0 unspecified atom stereocenters. The number of nitrogens with zero attached hydrogens (tertiary/aromatic N) is 1. The van der Waals surface area contributed by atoms with Crippen molar-refractivity contribution in [3.63, 3.8) is 0 Å². The first-order valence-electron chi connectivity index (χ1n) is 7.86. The predicted octanol–water partition coefficient (Wildman–Crippen LogP) is 3.47. The first-order chi connectivity index (χ1) is 11.0. The third-order valence-electron chi connectivity index (χ3n) is 4.06. The maximum Gasteiger partial charge on any atom is 0.336 e. The van der Waals surface area contributed by atoms with Crippen LogP contribution in [-0.4, -0.2) is 18.9 Å². The Morgan fingerprint density at radius 3 is 2.91 bits per heavy atom. The van der Waals surface area contributed by atoms with Gasteiger partial charge in [0.2, 0.25) is 5.90 Å². The fourth-order valence-electron chi connectivity index (χ4n) is 2.83. The van der Waals surface area contributed by atoms with Crippen LogP contribution in [0.2, 0.25) is 0 Å². The molecule has 0 aromatic carbocycles. The molecule has 124 valence electrons. The standard InChI is InChI=1S/C17H19F2NO3/c1-10-7-13-16(17(20-10)22-9-14(18)19)12(8-15(21)23-13)4-2-3-11-5-6-11/h8,11,14H,1-7,9H2. The van der Waals surface area contributed by atoms with Gasteiger partial charge >= 0.3 is 5.63 Å². The zero-order chi connectivity index (χ0) is 16.4. The Balaban J connectivity index is 1.86. The van der Waals surface area contributed by atoms with Crippen molar-refractivity contribution in [3.8, 4) is 0 Å². The second kappa shape index (κ2) is 6.64. The molecule has 1 fully saturated rings. The van der Waals surface area contributed by atoms with E-state index in [9.17, 15) is 13.6 Å². The number of hydrogen-bond donors (Lipinski definition) is 0. The lowest BCUT2D eigenvalue weighted by molar-refractivity contribution is 0.0763. The fraction of sp³-hybridized carbons (Fsp3) is 0.529. The molecule has 1 saturated carbocycles. The van der Waals surface area contributed by atoms with Crippen LogP contribution in [-0.2, 0) is 17.6 Å². The zero-order valence-electron chi connectivity index (χ0n) is 12.8. The number of allylic oxidation sites excluding steroid dienone is 1. The molecular formula is C17H19F2NO3. The Labute approximate surface area is 132 Å². The Hall–Kier alpha value is -1.98. The van der Waals surface area contributed by atoms with Crippen LogP contribution in [0.15, 0.2) is 32.5 Å². The van der Waals surface area contributed by atoms with Crippen molar-refractivity contribution >= 4 is 5.90 Å². The number of ether oxygens (including phenoxy) is 1. The van der Waals surface area contributed by atoms with Crippen LogP contribution < -0.4 is 5.63 Å². The molecule has 0 atom stereocenters. The SMILES string of the molecule is C=C1Cc2oc(=O)cc(CCCC3CC3)c2C(OCC(F)F)=N1. The summed E-state index contributed by atoms with van der Waals surface area (Å²) in [5.74, 6) is 1.29. The summed E-state index contributed by atoms with van der Waals surface area (Å²) in [6.07, 6.45) is 3.01. The summed E-state index contributed by atoms with van der Waals surface area (Å²) in [7, 11) is 0. The van der Waals surface area contributed by atoms with Crippen LogP contribution in [0, 0.1) is 5.92 Å². The molecule has 6 heteroatoms. The van der Waals surface area contributed by atoms with Crippen molar-refractivity contribution in [2.45, 2.75) is 45.0 Å². The van der Waals surface area contributed by atoms with E-state index in [1.807, 2.05) is 0 Å². The first kappa shape index (κ1) is 15.9. The minimum absolute atomic E-state index is 0.0849. The molecule has 0 spiro atoms. The maximum atomic E-state index is 12.5. The van der Waals surface area contributed by atoms with Crippen LogP contribution >= 0.6 is 0 Å². The quantitative estimate of drug-likeness (QED) is 0.805. The highest BCUT2D eigenvalue weighted by molar-refractivity contribution is 5.98. The normalized spacial score (nSPS) is 17.2. The minimum Gasteiger partial charge on any atom is -0.471 e. The van der Waals surface area contributed by atoms with E-state index in [1.54, 1.807) is 0 Å². The van der Waals surface area contributed by atoms with Gasteiger partial charge in [0, 0.05) is 18.2 Å². The van der Waals surface area contributed by atoms with Crippen molar-refractivity contribution < 1.29 is 17.9 Å². The molecule has 0 saturated heterocycles. The largest absolute Gasteiger partial charge is 0.471 e. The minimum atomic E-state index is -2.59. The van der Waals surface area contributed by atoms with Gasteiger partial charge in [-0.25, -0.2) is 18.6 Å². The maximum absolute atomic E-state index is 12.5. The van der Waals surface area contributed by atoms with E-state index in [-0.39, 0.29) is 5.90 Å². The molecule has 1 aromatic heterocycles. The lowest BCUT2D eigenvalue weighted by Gasteiger charge is -2.19. The van der Waals surface area contributed by atoms with E-state index < -0.39 is 18.7 Å². The van der Waals surface area contributed by atoms with E-state index in [0.29, 0.717) is 29.9 Å². The number of hydrogen-bond acceptors (Lipinski definition) is 4. The van der Waals surface area contributed by atoms with Gasteiger partial charge in [0.05, 0.1) is 5.56 Å². The molecule has 23 heavy (non-hydrogen) atoms. The number of halogens is 2. The van der Waals surface area contributed by atoms with Gasteiger partial charge in [0.15, 0.2) is 6.61 Å². The Bertz CT molecular complexity index is 690. The molecule has 2 aliphatic rings. The average Bonchev–Trinajstić information content (AvgIpc) is 3.27. The van der Waals surface area contributed by atoms with Gasteiger partial charge in [-0.15, -0.1) is 0 Å². The van der Waals surface area contributed by atoms with Crippen LogP contribution in [0.5, 0.6) is 0 Å². The third kappa shape index (κ3) is 4.06. The molecule has 1 aliphatic heterocycles. The number of aliphatic imine (C=N–C) groups is 1. The molecule has 3 rings (SSSR count). The molecule has 2 heterocycles. The zero-order valence-corrected chi connectivity index (χ0v) is 12.8. The van der Waals surface area contributed by atoms with E-state index in [0.717, 1.165) is 24.3 Å². The van der Waals surface area contributed by atoms with Crippen LogP contribution in [0.1, 0.15) is 42.6 Å². The molecule has 0 radical (unpaired) electrons. The Morgan fingerprint density at radius 2 is 2.22 bits per heavy atom. The van der Waals surface area contributed by atoms with Gasteiger partial charge < -0.3 is 9.15 Å². The molecule has 0 bridgehead atoms. The van der Waals surface area contributed by atoms with Gasteiger partial charge in [-0.2, -0.15) is 0 Å². The molecule has 4 nitrogen and oxygen atoms in total. The summed E-state index contributed by atoms with van der Waals surface area (Å²) in [5.41, 5.74) is 1.30. The number of fused-ring (bicyclic) bond motifs is 1. The van der Waals surface area contributed by atoms with Crippen LogP contribution in [0.4, 0.5) is 8.78 Å². The third-order valence-corrected chi connectivity index (χ3v) is 4.06. The summed E-state index contributed by atoms with van der Waals surface area (Å²) in [5, 5.41) is 0. The second-order valence-electron chi connectivity index (χ2n) is 6.09. The smallest absolute Gasteiger partial charge is 0.336 e. The van der Waals surface area contributed by atoms with Gasteiger partial charge in [-0.1, -0.05) is 25.8 Å². The van der Waals surface area contributed by atoms with Crippen molar-refractivity contribution in [1.29, 1.82) is 0 Å². The van der Waals surface area contributed by atoms with E-state index in [2.05, 4.69) is 11.6 Å². The first-order valence-corrected chi connectivity index (χ1v) is 7.86.